The van der Waals surface area contributed by atoms with Crippen LogP contribution in [0.3, 0.4) is 0 Å². The molecule has 0 spiro atoms. The van der Waals surface area contributed by atoms with Crippen molar-refractivity contribution in [3.63, 3.8) is 0 Å². The van der Waals surface area contributed by atoms with Crippen LogP contribution in [0.1, 0.15) is 50.3 Å². The number of nitrogens with one attached hydrogen (secondary N) is 1. The van der Waals surface area contributed by atoms with Gasteiger partial charge < -0.3 is 14.6 Å². The first-order valence-electron chi connectivity index (χ1n) is 13.3. The molecule has 10 nitrogen and oxygen atoms in total. The lowest BCUT2D eigenvalue weighted by Gasteiger charge is -2.30. The van der Waals surface area contributed by atoms with E-state index in [4.69, 9.17) is 9.47 Å². The molecule has 0 saturated carbocycles. The number of ether oxygens (including phenoxy) is 2. The number of fused-ring (bicyclic) bond motifs is 4. The third-order valence-electron chi connectivity index (χ3n) is 7.07. The number of aromatic amines is 1. The van der Waals surface area contributed by atoms with Crippen LogP contribution in [0.4, 0.5) is 4.39 Å². The van der Waals surface area contributed by atoms with E-state index < -0.39 is 0 Å². The fraction of sp³-hybridized carbons (Fsp3) is 0.464. The molecule has 3 aromatic heterocycles. The van der Waals surface area contributed by atoms with Gasteiger partial charge in [-0.25, -0.2) is 9.07 Å². The van der Waals surface area contributed by atoms with Crippen molar-refractivity contribution < 1.29 is 19.0 Å². The lowest BCUT2D eigenvalue weighted by Crippen LogP contribution is -2.39. The molecule has 2 N–H and O–H groups in total. The Bertz CT molecular complexity index is 1520. The summed E-state index contributed by atoms with van der Waals surface area (Å²) in [7, 11) is 1.81. The van der Waals surface area contributed by atoms with Crippen LogP contribution in [0.2, 0.25) is 0 Å². The predicted octanol–water partition coefficient (Wildman–Crippen LogP) is 4.16. The zero-order valence-corrected chi connectivity index (χ0v) is 23.3. The van der Waals surface area contributed by atoms with Crippen LogP contribution in [0, 0.1) is 12.7 Å². The minimum Gasteiger partial charge on any atom is -0.476 e. The monoisotopic (exact) mass is 537 g/mol. The average Bonchev–Trinajstić information content (AvgIpc) is 3.50. The maximum Gasteiger partial charge on any atom is 0.240 e. The molecule has 0 unspecified atom stereocenters. The number of aryl methyl sites for hydroxylation is 2. The molecule has 1 aliphatic heterocycles. The third kappa shape index (κ3) is 5.04. The number of benzene rings is 1. The van der Waals surface area contributed by atoms with Crippen LogP contribution >= 0.6 is 0 Å². The fourth-order valence-corrected chi connectivity index (χ4v) is 5.17. The summed E-state index contributed by atoms with van der Waals surface area (Å²) in [6, 6.07) is 3.45. The molecule has 0 saturated heterocycles. The van der Waals surface area contributed by atoms with E-state index in [1.54, 1.807) is 10.7 Å². The molecule has 0 amide bonds. The topological polar surface area (TPSA) is 106 Å². The summed E-state index contributed by atoms with van der Waals surface area (Å²) in [4.78, 5) is 2.29. The van der Waals surface area contributed by atoms with E-state index in [2.05, 4.69) is 39.1 Å². The summed E-state index contributed by atoms with van der Waals surface area (Å²) < 4.78 is 31.4. The van der Waals surface area contributed by atoms with Gasteiger partial charge in [0.05, 0.1) is 53.5 Å². The van der Waals surface area contributed by atoms with Crippen LogP contribution in [0.25, 0.3) is 34.2 Å². The second-order valence-electron chi connectivity index (χ2n) is 10.2. The summed E-state index contributed by atoms with van der Waals surface area (Å²) in [5.74, 6) is 0.631. The minimum absolute atomic E-state index is 0.0500. The van der Waals surface area contributed by atoms with Crippen molar-refractivity contribution >= 4 is 23.1 Å². The van der Waals surface area contributed by atoms with Crippen molar-refractivity contribution in [1.29, 1.82) is 0 Å². The lowest BCUT2D eigenvalue weighted by molar-refractivity contribution is 0.109. The number of nitrogens with zero attached hydrogens (tertiary/aromatic N) is 6. The number of rotatable bonds is 5. The second kappa shape index (κ2) is 10.8. The molecular weight excluding hydrogens is 501 g/mol. The molecule has 1 aliphatic rings. The van der Waals surface area contributed by atoms with Gasteiger partial charge in [0.1, 0.15) is 11.9 Å². The highest BCUT2D eigenvalue weighted by atomic mass is 19.1. The van der Waals surface area contributed by atoms with Crippen LogP contribution in [0.15, 0.2) is 12.1 Å². The van der Waals surface area contributed by atoms with Gasteiger partial charge in [-0.15, -0.1) is 5.10 Å². The highest BCUT2D eigenvalue weighted by molar-refractivity contribution is 5.93. The van der Waals surface area contributed by atoms with Gasteiger partial charge in [-0.05, 0) is 52.8 Å². The number of hydrogen-bond acceptors (Lipinski definition) is 7. The number of hydrogen-bond donors (Lipinski definition) is 2. The molecule has 11 heteroatoms. The minimum atomic E-state index is -0.380. The molecule has 4 heterocycles. The van der Waals surface area contributed by atoms with Gasteiger partial charge >= 0.3 is 0 Å². The molecule has 0 radical (unpaired) electrons. The largest absolute Gasteiger partial charge is 0.476 e. The summed E-state index contributed by atoms with van der Waals surface area (Å²) >= 11 is 0. The molecule has 39 heavy (non-hydrogen) atoms. The van der Waals surface area contributed by atoms with Crippen molar-refractivity contribution in [1.82, 2.24) is 34.7 Å². The van der Waals surface area contributed by atoms with Gasteiger partial charge in [-0.3, -0.25) is 14.7 Å². The van der Waals surface area contributed by atoms with Gasteiger partial charge in [0.25, 0.3) is 0 Å². The first-order valence-corrected chi connectivity index (χ1v) is 13.3. The molecule has 1 atom stereocenters. The molecular formula is C28H36FN7O3. The van der Waals surface area contributed by atoms with Crippen LogP contribution in [0.5, 0.6) is 11.8 Å². The van der Waals surface area contributed by atoms with E-state index in [0.717, 1.165) is 16.6 Å². The maximum atomic E-state index is 15.5. The Morgan fingerprint density at radius 1 is 1.26 bits per heavy atom. The zero-order chi connectivity index (χ0) is 27.8. The van der Waals surface area contributed by atoms with Gasteiger partial charge in [-0.1, -0.05) is 0 Å². The smallest absolute Gasteiger partial charge is 0.240 e. The van der Waals surface area contributed by atoms with Crippen LogP contribution in [-0.4, -0.2) is 71.7 Å². The molecule has 4 aromatic rings. The zero-order valence-electron chi connectivity index (χ0n) is 23.3. The molecule has 0 aliphatic carbocycles. The molecule has 1 aromatic carbocycles. The molecule has 5 rings (SSSR count). The number of aromatic nitrogens is 6. The Morgan fingerprint density at radius 2 is 2.05 bits per heavy atom. The average molecular weight is 538 g/mol. The number of H-pyrrole nitrogens is 1. The van der Waals surface area contributed by atoms with Gasteiger partial charge in [0.15, 0.2) is 0 Å². The SMILES string of the molecule is CCOc1nn(CCO)c2c1/C=C/c1n[nH]c3cc(F)c(cc13)-c1c(C)nn(C)c1O[C@@H](C)CN(C(C)C)C2. The summed E-state index contributed by atoms with van der Waals surface area (Å²) in [6.45, 7) is 11.9. The molecule has 2 bridgehead atoms. The first kappa shape index (κ1) is 26.9. The van der Waals surface area contributed by atoms with E-state index in [0.29, 0.717) is 66.0 Å². The maximum absolute atomic E-state index is 15.5. The molecule has 0 fully saturated rings. The summed E-state index contributed by atoms with van der Waals surface area (Å²) in [5, 5.41) is 27.2. The van der Waals surface area contributed by atoms with E-state index in [-0.39, 0.29) is 24.6 Å². The van der Waals surface area contributed by atoms with Crippen molar-refractivity contribution in [3.8, 4) is 22.9 Å². The number of aliphatic hydroxyl groups excluding tert-OH is 1. The first-order chi connectivity index (χ1) is 18.7. The Kier molecular flexibility index (Phi) is 7.46. The second-order valence-corrected chi connectivity index (χ2v) is 10.2. The van der Waals surface area contributed by atoms with Crippen LogP contribution in [-0.2, 0) is 20.1 Å². The lowest BCUT2D eigenvalue weighted by atomic mass is 10.0. The van der Waals surface area contributed by atoms with E-state index in [1.165, 1.54) is 6.07 Å². The standard InChI is InChI=1S/C28H36FN7O3/c1-7-38-27-19-8-9-23-21-12-20(22(29)13-24(21)31-30-23)26-18(5)32-34(6)28(26)39-17(4)14-35(16(2)3)15-25(19)36(33-27)10-11-37/h8-9,12-13,16-17,37H,7,10-11,14-15H2,1-6H3,(H,30,31)/b9-8+/t17-/m0/s1. The normalized spacial score (nSPS) is 17.1. The number of halogens is 1. The molecule has 208 valence electrons. The van der Waals surface area contributed by atoms with Gasteiger partial charge in [-0.2, -0.15) is 10.2 Å². The van der Waals surface area contributed by atoms with Gasteiger partial charge in [0, 0.05) is 43.2 Å². The highest BCUT2D eigenvalue weighted by Crippen LogP contribution is 2.38. The van der Waals surface area contributed by atoms with Crippen LogP contribution < -0.4 is 9.47 Å². The highest BCUT2D eigenvalue weighted by Gasteiger charge is 2.26. The fourth-order valence-electron chi connectivity index (χ4n) is 5.17. The van der Waals surface area contributed by atoms with Crippen molar-refractivity contribution in [3.05, 3.63) is 40.6 Å². The van der Waals surface area contributed by atoms with Gasteiger partial charge in [0.2, 0.25) is 11.8 Å². The Labute approximate surface area is 227 Å². The quantitative estimate of drug-likeness (QED) is 0.394. The Hall–Kier alpha value is -3.70. The van der Waals surface area contributed by atoms with Crippen molar-refractivity contribution in [2.24, 2.45) is 7.05 Å². The Morgan fingerprint density at radius 3 is 2.77 bits per heavy atom. The number of aliphatic hydroxyl groups is 1. The van der Waals surface area contributed by atoms with Crippen molar-refractivity contribution in [2.45, 2.75) is 59.9 Å². The van der Waals surface area contributed by atoms with E-state index in [9.17, 15) is 5.11 Å². The summed E-state index contributed by atoms with van der Waals surface area (Å²) in [6.07, 6.45) is 3.60. The van der Waals surface area contributed by atoms with E-state index >= 15 is 4.39 Å². The van der Waals surface area contributed by atoms with Crippen molar-refractivity contribution in [2.75, 3.05) is 19.8 Å². The Balaban J connectivity index is 1.75. The van der Waals surface area contributed by atoms with E-state index in [1.807, 2.05) is 44.7 Å². The summed E-state index contributed by atoms with van der Waals surface area (Å²) in [5.41, 5.74) is 4.71. The third-order valence-corrected chi connectivity index (χ3v) is 7.07. The predicted molar refractivity (Wildman–Crippen MR) is 148 cm³/mol.